The van der Waals surface area contributed by atoms with Crippen LogP contribution in [0.4, 0.5) is 5.95 Å². The molecular formula is C21H29Cl2N5S. The minimum absolute atomic E-state index is 0.412. The van der Waals surface area contributed by atoms with Crippen molar-refractivity contribution in [1.82, 2.24) is 14.9 Å². The lowest BCUT2D eigenvalue weighted by atomic mass is 10.0. The lowest BCUT2D eigenvalue weighted by molar-refractivity contribution is 0.201. The number of benzene rings is 1. The van der Waals surface area contributed by atoms with Crippen LogP contribution in [0.5, 0.6) is 0 Å². The normalized spacial score (nSPS) is 15.6. The zero-order valence-electron chi connectivity index (χ0n) is 16.9. The summed E-state index contributed by atoms with van der Waals surface area (Å²) in [5.74, 6) is 1.87. The van der Waals surface area contributed by atoms with Crippen LogP contribution in [0.25, 0.3) is 0 Å². The maximum Gasteiger partial charge on any atom is 0.226 e. The molecule has 5 nitrogen and oxygen atoms in total. The Morgan fingerprint density at radius 3 is 2.69 bits per heavy atom. The number of nitrogens with zero attached hydrogens (tertiary/aromatic N) is 4. The molecule has 2 aromatic rings. The minimum Gasteiger partial charge on any atom is -0.336 e. The van der Waals surface area contributed by atoms with Gasteiger partial charge in [0.1, 0.15) is 5.03 Å². The molecule has 0 saturated carbocycles. The molecule has 0 radical (unpaired) electrons. The number of hydrogen-bond donors (Lipinski definition) is 1. The smallest absolute Gasteiger partial charge is 0.226 e. The van der Waals surface area contributed by atoms with Gasteiger partial charge in [-0.2, -0.15) is 0 Å². The van der Waals surface area contributed by atoms with Gasteiger partial charge < -0.3 is 10.6 Å². The highest BCUT2D eigenvalue weighted by Gasteiger charge is 2.26. The molecule has 3 rings (SSSR count). The van der Waals surface area contributed by atoms with Crippen LogP contribution in [0, 0.1) is 0 Å². The summed E-state index contributed by atoms with van der Waals surface area (Å²) in [7, 11) is 0. The Labute approximate surface area is 188 Å². The second kappa shape index (κ2) is 11.4. The summed E-state index contributed by atoms with van der Waals surface area (Å²) < 4.78 is 0. The molecule has 1 fully saturated rings. The average Bonchev–Trinajstić information content (AvgIpc) is 2.74. The van der Waals surface area contributed by atoms with Crippen molar-refractivity contribution in [2.75, 3.05) is 36.8 Å². The van der Waals surface area contributed by atoms with E-state index >= 15 is 0 Å². The van der Waals surface area contributed by atoms with E-state index in [4.69, 9.17) is 33.9 Å². The minimum atomic E-state index is 0.412. The van der Waals surface area contributed by atoms with Gasteiger partial charge in [-0.1, -0.05) is 36.2 Å². The number of anilines is 1. The maximum absolute atomic E-state index is 6.16. The Balaban J connectivity index is 1.61. The van der Waals surface area contributed by atoms with Gasteiger partial charge in [0.05, 0.1) is 10.0 Å². The molecule has 29 heavy (non-hydrogen) atoms. The summed E-state index contributed by atoms with van der Waals surface area (Å²) in [5.41, 5.74) is 7.11. The van der Waals surface area contributed by atoms with Crippen molar-refractivity contribution in [3.63, 3.8) is 0 Å². The van der Waals surface area contributed by atoms with Crippen molar-refractivity contribution >= 4 is 40.9 Å². The molecule has 1 aliphatic rings. The van der Waals surface area contributed by atoms with Gasteiger partial charge in [-0.25, -0.2) is 9.97 Å². The van der Waals surface area contributed by atoms with Crippen LogP contribution in [0.3, 0.4) is 0 Å². The van der Waals surface area contributed by atoms with Crippen molar-refractivity contribution < 1.29 is 0 Å². The summed E-state index contributed by atoms with van der Waals surface area (Å²) in [6, 6.07) is 8.29. The fraction of sp³-hybridized carbons (Fsp3) is 0.524. The molecule has 0 unspecified atom stereocenters. The van der Waals surface area contributed by atoms with Crippen LogP contribution < -0.4 is 10.6 Å². The molecule has 8 heteroatoms. The van der Waals surface area contributed by atoms with E-state index in [0.717, 1.165) is 62.2 Å². The van der Waals surface area contributed by atoms with E-state index in [9.17, 15) is 0 Å². The van der Waals surface area contributed by atoms with Gasteiger partial charge in [0.15, 0.2) is 0 Å². The molecule has 2 N–H and O–H groups in total. The largest absolute Gasteiger partial charge is 0.336 e. The van der Waals surface area contributed by atoms with Crippen molar-refractivity contribution in [2.24, 2.45) is 5.73 Å². The number of thioether (sulfide) groups is 1. The Morgan fingerprint density at radius 2 is 2.00 bits per heavy atom. The van der Waals surface area contributed by atoms with Crippen molar-refractivity contribution in [1.29, 1.82) is 0 Å². The van der Waals surface area contributed by atoms with Gasteiger partial charge in [-0.3, -0.25) is 4.90 Å². The number of aromatic nitrogens is 2. The highest BCUT2D eigenvalue weighted by Crippen LogP contribution is 2.26. The van der Waals surface area contributed by atoms with E-state index in [1.165, 1.54) is 5.56 Å². The molecule has 158 valence electrons. The topological polar surface area (TPSA) is 58.3 Å². The summed E-state index contributed by atoms with van der Waals surface area (Å²) in [6.45, 7) is 6.49. The van der Waals surface area contributed by atoms with Crippen LogP contribution in [0.2, 0.25) is 10.0 Å². The lowest BCUT2D eigenvalue weighted by Gasteiger charge is -2.38. The van der Waals surface area contributed by atoms with Crippen LogP contribution in [-0.2, 0) is 6.54 Å². The van der Waals surface area contributed by atoms with Gasteiger partial charge in [0, 0.05) is 45.0 Å². The second-order valence-corrected chi connectivity index (χ2v) is 9.21. The van der Waals surface area contributed by atoms with Crippen molar-refractivity contribution in [2.45, 2.75) is 43.8 Å². The van der Waals surface area contributed by atoms with Crippen LogP contribution in [0.1, 0.15) is 31.7 Å². The predicted molar refractivity (Wildman–Crippen MR) is 124 cm³/mol. The Hall–Kier alpha value is -1.05. The molecule has 2 heterocycles. The van der Waals surface area contributed by atoms with Crippen LogP contribution in [-0.4, -0.2) is 52.8 Å². The third-order valence-corrected chi connectivity index (χ3v) is 6.96. The zero-order chi connectivity index (χ0) is 20.6. The first kappa shape index (κ1) is 22.6. The molecule has 0 amide bonds. The fourth-order valence-corrected chi connectivity index (χ4v) is 4.67. The zero-order valence-corrected chi connectivity index (χ0v) is 19.2. The SMILES string of the molecule is CCCSc1ccnc(N(CCN)C2CCN(Cc3ccc(Cl)c(Cl)c3)CC2)n1. The summed E-state index contributed by atoms with van der Waals surface area (Å²) in [4.78, 5) is 14.1. The molecule has 1 aliphatic heterocycles. The first-order chi connectivity index (χ1) is 14.1. The molecular weight excluding hydrogens is 425 g/mol. The number of likely N-dealkylation sites (tertiary alicyclic amines) is 1. The number of piperidine rings is 1. The van der Waals surface area contributed by atoms with E-state index in [1.54, 1.807) is 11.8 Å². The molecule has 0 aliphatic carbocycles. The maximum atomic E-state index is 6.16. The van der Waals surface area contributed by atoms with E-state index in [1.807, 2.05) is 30.5 Å². The first-order valence-corrected chi connectivity index (χ1v) is 11.9. The number of halogens is 2. The third kappa shape index (κ3) is 6.46. The van der Waals surface area contributed by atoms with Gasteiger partial charge in [0.2, 0.25) is 5.95 Å². The number of nitrogens with two attached hydrogens (primary N) is 1. The monoisotopic (exact) mass is 453 g/mol. The Kier molecular flexibility index (Phi) is 8.87. The molecule has 1 aromatic carbocycles. The first-order valence-electron chi connectivity index (χ1n) is 10.2. The average molecular weight is 454 g/mol. The second-order valence-electron chi connectivity index (χ2n) is 7.28. The van der Waals surface area contributed by atoms with Crippen molar-refractivity contribution in [3.8, 4) is 0 Å². The standard InChI is InChI=1S/C21H29Cl2N5S/c1-2-13-29-20-5-9-25-21(26-20)28(12-8-24)17-6-10-27(11-7-17)15-16-3-4-18(22)19(23)14-16/h3-5,9,14,17H,2,6-8,10-13,15,24H2,1H3. The predicted octanol–water partition coefficient (Wildman–Crippen LogP) is 4.72. The molecule has 0 spiro atoms. The van der Waals surface area contributed by atoms with E-state index < -0.39 is 0 Å². The summed E-state index contributed by atoms with van der Waals surface area (Å²) >= 11 is 14.0. The third-order valence-electron chi connectivity index (χ3n) is 5.09. The summed E-state index contributed by atoms with van der Waals surface area (Å²) in [6.07, 6.45) is 5.13. The van der Waals surface area contributed by atoms with Gasteiger partial charge in [-0.05, 0) is 48.8 Å². The number of hydrogen-bond acceptors (Lipinski definition) is 6. The Morgan fingerprint density at radius 1 is 1.21 bits per heavy atom. The highest BCUT2D eigenvalue weighted by molar-refractivity contribution is 7.99. The van der Waals surface area contributed by atoms with Gasteiger partial charge >= 0.3 is 0 Å². The Bertz CT molecular complexity index is 783. The van der Waals surface area contributed by atoms with E-state index in [0.29, 0.717) is 22.6 Å². The molecule has 0 bridgehead atoms. The van der Waals surface area contributed by atoms with Crippen molar-refractivity contribution in [3.05, 3.63) is 46.1 Å². The summed E-state index contributed by atoms with van der Waals surface area (Å²) in [5, 5.41) is 2.26. The quantitative estimate of drug-likeness (QED) is 0.437. The number of rotatable bonds is 9. The van der Waals surface area contributed by atoms with Crippen LogP contribution in [0.15, 0.2) is 35.5 Å². The van der Waals surface area contributed by atoms with E-state index in [2.05, 4.69) is 21.7 Å². The fourth-order valence-electron chi connectivity index (χ4n) is 3.63. The van der Waals surface area contributed by atoms with E-state index in [-0.39, 0.29) is 0 Å². The van der Waals surface area contributed by atoms with Crippen LogP contribution >= 0.6 is 35.0 Å². The molecule has 1 saturated heterocycles. The molecule has 0 atom stereocenters. The highest BCUT2D eigenvalue weighted by atomic mass is 35.5. The lowest BCUT2D eigenvalue weighted by Crippen LogP contribution is -2.47. The molecule has 1 aromatic heterocycles. The van der Waals surface area contributed by atoms with Gasteiger partial charge in [0.25, 0.3) is 0 Å². The van der Waals surface area contributed by atoms with Gasteiger partial charge in [-0.15, -0.1) is 11.8 Å².